The van der Waals surface area contributed by atoms with Crippen LogP contribution < -0.4 is 0 Å². The van der Waals surface area contributed by atoms with E-state index in [1.54, 1.807) is 0 Å². The monoisotopic (exact) mass is 1280 g/mol. The molecule has 1 atom stereocenters. The predicted molar refractivity (Wildman–Crippen MR) is 408 cm³/mol. The number of ether oxygens (including phenoxy) is 2. The van der Waals surface area contributed by atoms with Crippen molar-refractivity contribution in [2.75, 3.05) is 13.2 Å². The van der Waals surface area contributed by atoms with Crippen LogP contribution in [0.5, 0.6) is 0 Å². The summed E-state index contributed by atoms with van der Waals surface area (Å²) in [7, 11) is 0. The molecule has 0 aromatic carbocycles. The molecule has 530 valence electrons. The summed E-state index contributed by atoms with van der Waals surface area (Å²) in [6, 6.07) is 0. The lowest BCUT2D eigenvalue weighted by molar-refractivity contribution is -0.161. The zero-order valence-corrected chi connectivity index (χ0v) is 61.0. The van der Waals surface area contributed by atoms with E-state index in [1.165, 1.54) is 276 Å². The fourth-order valence-electron chi connectivity index (χ4n) is 11.8. The Morgan fingerprint density at radius 2 is 0.467 bits per heavy atom. The SMILES string of the molecule is CC/C=C\C/C=C\C/C=C\C/C=C\C/C=C\C/C=C\C/C=C\CCCCCCCCCCCCCCCCCC(=O)OC(CO)COC(=O)CCCCCCCCCCCCCCCCCCCCCCCCCCCC/C=C\C/C=C\C/C=C\CCCCCCC. The molecular formula is C87H152O5. The van der Waals surface area contributed by atoms with Gasteiger partial charge in [0.15, 0.2) is 6.10 Å². The topological polar surface area (TPSA) is 72.8 Å². The van der Waals surface area contributed by atoms with E-state index in [0.717, 1.165) is 96.3 Å². The minimum atomic E-state index is -0.778. The standard InChI is InChI=1S/C87H152O5/c1-3-5-7-9-11-13-15-17-19-21-23-25-27-29-31-33-35-37-39-41-42-43-44-46-47-49-51-53-55-57-59-61-63-65-67-69-71-73-75-77-79-81-86(89)91-84-85(83-88)92-87(90)82-80-78-76-74-72-70-68-66-64-62-60-58-56-54-52-50-48-45-40-38-36-34-32-30-28-26-24-22-20-18-16-14-12-10-8-6-4-2/h6,8,12,14-15,17-18,20-21,23-24,26-27,29-30,32,36,38,45,48,85,88H,3-5,7,9-11,13,16,19,22,25,28,31,33-35,37,39-44,46-47,49-84H2,1-2H3/b8-6-,14-12-,17-15-,20-18-,23-21-,26-24-,29-27-,32-30-,38-36-,48-45-. The van der Waals surface area contributed by atoms with E-state index in [4.69, 9.17) is 9.47 Å². The fraction of sp³-hybridized carbons (Fsp3) is 0.747. The lowest BCUT2D eigenvalue weighted by Gasteiger charge is -2.15. The van der Waals surface area contributed by atoms with Crippen LogP contribution in [-0.2, 0) is 19.1 Å². The number of carbonyl (C=O) groups is 2. The van der Waals surface area contributed by atoms with Crippen molar-refractivity contribution in [3.05, 3.63) is 122 Å². The van der Waals surface area contributed by atoms with Crippen molar-refractivity contribution in [2.45, 2.75) is 405 Å². The van der Waals surface area contributed by atoms with Crippen molar-refractivity contribution < 1.29 is 24.2 Å². The molecule has 0 aliphatic carbocycles. The fourth-order valence-corrected chi connectivity index (χ4v) is 11.8. The summed E-state index contributed by atoms with van der Waals surface area (Å²) in [5.41, 5.74) is 0. The minimum Gasteiger partial charge on any atom is -0.462 e. The van der Waals surface area contributed by atoms with Crippen molar-refractivity contribution in [1.29, 1.82) is 0 Å². The molecule has 0 heterocycles. The highest BCUT2D eigenvalue weighted by atomic mass is 16.6. The average molecular weight is 1280 g/mol. The van der Waals surface area contributed by atoms with Gasteiger partial charge in [0.2, 0.25) is 0 Å². The van der Waals surface area contributed by atoms with Crippen LogP contribution in [0, 0.1) is 0 Å². The molecule has 0 saturated carbocycles. The summed E-state index contributed by atoms with van der Waals surface area (Å²) in [6.45, 7) is 4.05. The predicted octanol–water partition coefficient (Wildman–Crippen LogP) is 28.4. The third kappa shape index (κ3) is 78.7. The van der Waals surface area contributed by atoms with Crippen molar-refractivity contribution in [3.63, 3.8) is 0 Å². The van der Waals surface area contributed by atoms with E-state index in [0.29, 0.717) is 12.8 Å². The molecule has 92 heavy (non-hydrogen) atoms. The van der Waals surface area contributed by atoms with E-state index < -0.39 is 6.10 Å². The molecule has 0 bridgehead atoms. The Morgan fingerprint density at radius 1 is 0.261 bits per heavy atom. The molecular weight excluding hydrogens is 1120 g/mol. The largest absolute Gasteiger partial charge is 0.462 e. The number of aliphatic hydroxyl groups excluding tert-OH is 1. The molecule has 0 amide bonds. The molecule has 0 saturated heterocycles. The molecule has 1 unspecified atom stereocenters. The summed E-state index contributed by atoms with van der Waals surface area (Å²) >= 11 is 0. The first-order valence-corrected chi connectivity index (χ1v) is 40.1. The molecule has 0 aliphatic rings. The molecule has 0 rings (SSSR count). The first kappa shape index (κ1) is 88.3. The number of esters is 2. The van der Waals surface area contributed by atoms with Crippen LogP contribution in [0.15, 0.2) is 122 Å². The van der Waals surface area contributed by atoms with Gasteiger partial charge in [-0.05, 0) is 109 Å². The van der Waals surface area contributed by atoms with Crippen molar-refractivity contribution >= 4 is 11.9 Å². The van der Waals surface area contributed by atoms with Crippen LogP contribution in [0.25, 0.3) is 0 Å². The molecule has 0 aromatic rings. The maximum atomic E-state index is 12.4. The van der Waals surface area contributed by atoms with Crippen LogP contribution in [-0.4, -0.2) is 36.4 Å². The quantitative estimate of drug-likeness (QED) is 0.0373. The summed E-state index contributed by atoms with van der Waals surface area (Å²) in [5.74, 6) is -0.576. The van der Waals surface area contributed by atoms with E-state index in [1.807, 2.05) is 0 Å². The summed E-state index contributed by atoms with van der Waals surface area (Å²) in [5, 5.41) is 9.73. The Bertz CT molecular complexity index is 1790. The Hall–Kier alpha value is -3.70. The van der Waals surface area contributed by atoms with Gasteiger partial charge in [-0.25, -0.2) is 0 Å². The number of rotatable bonds is 74. The van der Waals surface area contributed by atoms with E-state index >= 15 is 0 Å². The molecule has 0 radical (unpaired) electrons. The zero-order chi connectivity index (χ0) is 66.1. The normalized spacial score (nSPS) is 12.9. The Kier molecular flexibility index (Phi) is 78.3. The lowest BCUT2D eigenvalue weighted by Crippen LogP contribution is -2.28. The molecule has 0 aromatic heterocycles. The maximum absolute atomic E-state index is 12.4. The number of carbonyl (C=O) groups excluding carboxylic acids is 2. The van der Waals surface area contributed by atoms with Crippen LogP contribution >= 0.6 is 0 Å². The van der Waals surface area contributed by atoms with Crippen molar-refractivity contribution in [1.82, 2.24) is 0 Å². The lowest BCUT2D eigenvalue weighted by atomic mass is 10.0. The average Bonchev–Trinajstić information content (AvgIpc) is 3.70. The molecule has 0 aliphatic heterocycles. The van der Waals surface area contributed by atoms with Crippen molar-refractivity contribution in [2.24, 2.45) is 0 Å². The van der Waals surface area contributed by atoms with Crippen LogP contribution in [0.3, 0.4) is 0 Å². The number of unbranched alkanes of at least 4 members (excludes halogenated alkanes) is 46. The van der Waals surface area contributed by atoms with Gasteiger partial charge in [-0.15, -0.1) is 0 Å². The van der Waals surface area contributed by atoms with Gasteiger partial charge in [0, 0.05) is 12.8 Å². The first-order chi connectivity index (χ1) is 45.6. The number of allylic oxidation sites excluding steroid dienone is 20. The van der Waals surface area contributed by atoms with Gasteiger partial charge in [-0.1, -0.05) is 399 Å². The number of hydrogen-bond acceptors (Lipinski definition) is 5. The van der Waals surface area contributed by atoms with Gasteiger partial charge < -0.3 is 14.6 Å². The second kappa shape index (κ2) is 81.5. The highest BCUT2D eigenvalue weighted by Gasteiger charge is 2.16. The van der Waals surface area contributed by atoms with Gasteiger partial charge in [-0.2, -0.15) is 0 Å². The second-order valence-corrected chi connectivity index (χ2v) is 26.8. The highest BCUT2D eigenvalue weighted by molar-refractivity contribution is 5.70. The molecule has 0 spiro atoms. The zero-order valence-electron chi connectivity index (χ0n) is 61.0. The Labute approximate surface area is 573 Å². The first-order valence-electron chi connectivity index (χ1n) is 40.1. The molecule has 1 N–H and O–H groups in total. The molecule has 0 fully saturated rings. The molecule has 5 nitrogen and oxygen atoms in total. The third-order valence-electron chi connectivity index (χ3n) is 17.7. The van der Waals surface area contributed by atoms with Gasteiger partial charge in [-0.3, -0.25) is 9.59 Å². The summed E-state index contributed by atoms with van der Waals surface area (Å²) in [6.07, 6.45) is 120. The van der Waals surface area contributed by atoms with Crippen LogP contribution in [0.1, 0.15) is 399 Å². The van der Waals surface area contributed by atoms with E-state index in [2.05, 4.69) is 135 Å². The van der Waals surface area contributed by atoms with Crippen LogP contribution in [0.4, 0.5) is 0 Å². The van der Waals surface area contributed by atoms with E-state index in [-0.39, 0.29) is 25.2 Å². The van der Waals surface area contributed by atoms with Crippen LogP contribution in [0.2, 0.25) is 0 Å². The summed E-state index contributed by atoms with van der Waals surface area (Å²) < 4.78 is 10.8. The maximum Gasteiger partial charge on any atom is 0.306 e. The van der Waals surface area contributed by atoms with Gasteiger partial charge in [0.1, 0.15) is 6.61 Å². The van der Waals surface area contributed by atoms with Gasteiger partial charge in [0.05, 0.1) is 6.61 Å². The van der Waals surface area contributed by atoms with Gasteiger partial charge >= 0.3 is 11.9 Å². The van der Waals surface area contributed by atoms with Crippen molar-refractivity contribution in [3.8, 4) is 0 Å². The Morgan fingerprint density at radius 3 is 0.707 bits per heavy atom. The minimum absolute atomic E-state index is 0.0653. The number of aliphatic hydroxyl groups is 1. The summed E-state index contributed by atoms with van der Waals surface area (Å²) in [4.78, 5) is 24.7. The highest BCUT2D eigenvalue weighted by Crippen LogP contribution is 2.19. The molecule has 5 heteroatoms. The smallest absolute Gasteiger partial charge is 0.306 e. The second-order valence-electron chi connectivity index (χ2n) is 26.8. The third-order valence-corrected chi connectivity index (χ3v) is 17.7. The number of hydrogen-bond donors (Lipinski definition) is 1. The van der Waals surface area contributed by atoms with E-state index in [9.17, 15) is 14.7 Å². The Balaban J connectivity index is 3.42. The van der Waals surface area contributed by atoms with Gasteiger partial charge in [0.25, 0.3) is 0 Å².